The zero-order valence-electron chi connectivity index (χ0n) is 9.75. The SMILES string of the molecule is C=C1CC(CC(C)=O)c2cc(OC)ccc21. The van der Waals surface area contributed by atoms with Gasteiger partial charge in [-0.3, -0.25) is 0 Å². The summed E-state index contributed by atoms with van der Waals surface area (Å²) in [6.45, 7) is 5.70. The molecule has 0 aromatic heterocycles. The van der Waals surface area contributed by atoms with Gasteiger partial charge < -0.3 is 9.53 Å². The van der Waals surface area contributed by atoms with Crippen LogP contribution < -0.4 is 4.74 Å². The minimum Gasteiger partial charge on any atom is -0.497 e. The molecule has 0 amide bonds. The fourth-order valence-corrected chi connectivity index (χ4v) is 2.37. The zero-order valence-corrected chi connectivity index (χ0v) is 9.75. The molecular weight excluding hydrogens is 200 g/mol. The van der Waals surface area contributed by atoms with Crippen LogP contribution in [0.1, 0.15) is 36.8 Å². The van der Waals surface area contributed by atoms with Crippen LogP contribution in [0.5, 0.6) is 5.75 Å². The number of Topliss-reactive ketones (excluding diaryl/α,β-unsaturated/α-hetero) is 1. The fourth-order valence-electron chi connectivity index (χ4n) is 2.37. The van der Waals surface area contributed by atoms with Gasteiger partial charge in [-0.25, -0.2) is 0 Å². The van der Waals surface area contributed by atoms with Gasteiger partial charge in [0.1, 0.15) is 11.5 Å². The van der Waals surface area contributed by atoms with Gasteiger partial charge in [-0.1, -0.05) is 12.6 Å². The number of ketones is 1. The molecule has 84 valence electrons. The maximum atomic E-state index is 11.2. The molecule has 1 aliphatic carbocycles. The Morgan fingerprint density at radius 1 is 1.56 bits per heavy atom. The van der Waals surface area contributed by atoms with Gasteiger partial charge in [-0.2, -0.15) is 0 Å². The van der Waals surface area contributed by atoms with E-state index in [9.17, 15) is 4.79 Å². The lowest BCUT2D eigenvalue weighted by Crippen LogP contribution is -2.00. The first-order chi connectivity index (χ1) is 7.61. The molecule has 0 aliphatic heterocycles. The zero-order chi connectivity index (χ0) is 11.7. The standard InChI is InChI=1S/C14H16O2/c1-9-6-11(7-10(2)15)14-8-12(16-3)4-5-13(9)14/h4-5,8,11H,1,6-7H2,2-3H3. The molecule has 1 unspecified atom stereocenters. The number of carbonyl (C=O) groups is 1. The molecule has 2 heteroatoms. The fraction of sp³-hybridized carbons (Fsp3) is 0.357. The summed E-state index contributed by atoms with van der Waals surface area (Å²) >= 11 is 0. The molecule has 2 rings (SSSR count). The van der Waals surface area contributed by atoms with Crippen molar-refractivity contribution in [2.75, 3.05) is 7.11 Å². The monoisotopic (exact) mass is 216 g/mol. The second-order valence-corrected chi connectivity index (χ2v) is 4.36. The van der Waals surface area contributed by atoms with Crippen molar-refractivity contribution in [2.24, 2.45) is 0 Å². The Bertz CT molecular complexity index is 444. The van der Waals surface area contributed by atoms with Gasteiger partial charge in [0.2, 0.25) is 0 Å². The molecule has 0 radical (unpaired) electrons. The second-order valence-electron chi connectivity index (χ2n) is 4.36. The molecule has 2 nitrogen and oxygen atoms in total. The van der Waals surface area contributed by atoms with Crippen molar-refractivity contribution >= 4 is 11.4 Å². The van der Waals surface area contributed by atoms with Gasteiger partial charge in [0.15, 0.2) is 0 Å². The number of methoxy groups -OCH3 is 1. The summed E-state index contributed by atoms with van der Waals surface area (Å²) in [7, 11) is 1.66. The van der Waals surface area contributed by atoms with E-state index in [4.69, 9.17) is 4.74 Å². The Balaban J connectivity index is 2.38. The maximum absolute atomic E-state index is 11.2. The first kappa shape index (κ1) is 10.9. The quantitative estimate of drug-likeness (QED) is 0.775. The summed E-state index contributed by atoms with van der Waals surface area (Å²) < 4.78 is 5.21. The van der Waals surface area contributed by atoms with E-state index in [0.29, 0.717) is 6.42 Å². The molecule has 0 fully saturated rings. The molecule has 0 saturated carbocycles. The molecule has 0 N–H and O–H groups in total. The molecule has 16 heavy (non-hydrogen) atoms. The average Bonchev–Trinajstić information content (AvgIpc) is 2.54. The third-order valence-electron chi connectivity index (χ3n) is 3.11. The lowest BCUT2D eigenvalue weighted by Gasteiger charge is -2.09. The Kier molecular flexibility index (Phi) is 2.82. The van der Waals surface area contributed by atoms with Crippen LogP contribution in [0.4, 0.5) is 0 Å². The van der Waals surface area contributed by atoms with Crippen molar-refractivity contribution in [1.29, 1.82) is 0 Å². The Hall–Kier alpha value is -1.57. The Morgan fingerprint density at radius 3 is 2.94 bits per heavy atom. The number of fused-ring (bicyclic) bond motifs is 1. The van der Waals surface area contributed by atoms with Crippen LogP contribution in [0, 0.1) is 0 Å². The predicted molar refractivity (Wildman–Crippen MR) is 64.7 cm³/mol. The number of benzene rings is 1. The summed E-state index contributed by atoms with van der Waals surface area (Å²) in [4.78, 5) is 11.2. The average molecular weight is 216 g/mol. The number of hydrogen-bond acceptors (Lipinski definition) is 2. The van der Waals surface area contributed by atoms with Crippen LogP contribution in [-0.2, 0) is 4.79 Å². The van der Waals surface area contributed by atoms with E-state index < -0.39 is 0 Å². The Morgan fingerprint density at radius 2 is 2.31 bits per heavy atom. The predicted octanol–water partition coefficient (Wildman–Crippen LogP) is 3.17. The van der Waals surface area contributed by atoms with E-state index >= 15 is 0 Å². The van der Waals surface area contributed by atoms with Crippen molar-refractivity contribution in [3.05, 3.63) is 35.9 Å². The summed E-state index contributed by atoms with van der Waals surface area (Å²) in [5, 5.41) is 0. The summed E-state index contributed by atoms with van der Waals surface area (Å²) in [5.41, 5.74) is 3.52. The van der Waals surface area contributed by atoms with Gasteiger partial charge in [0.05, 0.1) is 7.11 Å². The molecule has 1 aliphatic rings. The first-order valence-electron chi connectivity index (χ1n) is 5.47. The van der Waals surface area contributed by atoms with Crippen molar-refractivity contribution in [3.8, 4) is 5.75 Å². The van der Waals surface area contributed by atoms with Crippen molar-refractivity contribution in [3.63, 3.8) is 0 Å². The van der Waals surface area contributed by atoms with Gasteiger partial charge in [-0.15, -0.1) is 0 Å². The minimum absolute atomic E-state index is 0.230. The van der Waals surface area contributed by atoms with E-state index in [0.717, 1.165) is 17.7 Å². The molecule has 1 atom stereocenters. The van der Waals surface area contributed by atoms with E-state index in [1.54, 1.807) is 14.0 Å². The van der Waals surface area contributed by atoms with Crippen molar-refractivity contribution in [1.82, 2.24) is 0 Å². The van der Waals surface area contributed by atoms with Gasteiger partial charge >= 0.3 is 0 Å². The van der Waals surface area contributed by atoms with Crippen LogP contribution in [0.25, 0.3) is 5.57 Å². The van der Waals surface area contributed by atoms with E-state index in [1.165, 1.54) is 11.1 Å². The molecular formula is C14H16O2. The summed E-state index contributed by atoms with van der Waals surface area (Å²) in [5.74, 6) is 1.37. The molecule has 0 bridgehead atoms. The second kappa shape index (κ2) is 4.12. The molecule has 0 spiro atoms. The van der Waals surface area contributed by atoms with Crippen molar-refractivity contribution in [2.45, 2.75) is 25.7 Å². The van der Waals surface area contributed by atoms with Gasteiger partial charge in [0.25, 0.3) is 0 Å². The highest BCUT2D eigenvalue weighted by Crippen LogP contribution is 2.43. The third-order valence-corrected chi connectivity index (χ3v) is 3.11. The molecule has 0 saturated heterocycles. The molecule has 0 heterocycles. The normalized spacial score (nSPS) is 18.4. The topological polar surface area (TPSA) is 26.3 Å². The first-order valence-corrected chi connectivity index (χ1v) is 5.47. The number of allylic oxidation sites excluding steroid dienone is 1. The number of carbonyl (C=O) groups excluding carboxylic acids is 1. The van der Waals surface area contributed by atoms with Crippen LogP contribution >= 0.6 is 0 Å². The number of rotatable bonds is 3. The lowest BCUT2D eigenvalue weighted by atomic mass is 9.96. The van der Waals surface area contributed by atoms with Gasteiger partial charge in [0, 0.05) is 6.42 Å². The van der Waals surface area contributed by atoms with E-state index in [2.05, 4.69) is 6.58 Å². The van der Waals surface area contributed by atoms with Crippen LogP contribution in [-0.4, -0.2) is 12.9 Å². The maximum Gasteiger partial charge on any atom is 0.130 e. The van der Waals surface area contributed by atoms with E-state index in [1.807, 2.05) is 18.2 Å². The molecule has 1 aromatic carbocycles. The third kappa shape index (κ3) is 1.87. The highest BCUT2D eigenvalue weighted by atomic mass is 16.5. The highest BCUT2D eigenvalue weighted by Gasteiger charge is 2.26. The number of ether oxygens (including phenoxy) is 1. The van der Waals surface area contributed by atoms with Gasteiger partial charge in [-0.05, 0) is 48.1 Å². The van der Waals surface area contributed by atoms with Crippen LogP contribution in [0.2, 0.25) is 0 Å². The minimum atomic E-state index is 0.230. The smallest absolute Gasteiger partial charge is 0.130 e. The highest BCUT2D eigenvalue weighted by molar-refractivity contribution is 5.80. The summed E-state index contributed by atoms with van der Waals surface area (Å²) in [6.07, 6.45) is 1.49. The number of hydrogen-bond donors (Lipinski definition) is 0. The lowest BCUT2D eigenvalue weighted by molar-refractivity contribution is -0.117. The van der Waals surface area contributed by atoms with E-state index in [-0.39, 0.29) is 11.7 Å². The molecule has 1 aromatic rings. The summed E-state index contributed by atoms with van der Waals surface area (Å²) in [6, 6.07) is 6.01. The van der Waals surface area contributed by atoms with Crippen LogP contribution in [0.15, 0.2) is 24.8 Å². The largest absolute Gasteiger partial charge is 0.497 e. The van der Waals surface area contributed by atoms with Crippen LogP contribution in [0.3, 0.4) is 0 Å². The van der Waals surface area contributed by atoms with Crippen molar-refractivity contribution < 1.29 is 9.53 Å². The Labute approximate surface area is 95.9 Å².